The van der Waals surface area contributed by atoms with E-state index in [0.29, 0.717) is 12.2 Å². The van der Waals surface area contributed by atoms with Crippen molar-refractivity contribution in [3.05, 3.63) is 53.9 Å². The molecular weight excluding hydrogens is 330 g/mol. The molecule has 0 unspecified atom stereocenters. The van der Waals surface area contributed by atoms with Crippen LogP contribution in [0.2, 0.25) is 0 Å². The molecule has 26 heavy (non-hydrogen) atoms. The molecule has 138 valence electrons. The largest absolute Gasteiger partial charge is 0.497 e. The Labute approximate surface area is 154 Å². The maximum absolute atomic E-state index is 12.5. The van der Waals surface area contributed by atoms with Gasteiger partial charge in [-0.25, -0.2) is 0 Å². The highest BCUT2D eigenvalue weighted by Crippen LogP contribution is 2.17. The van der Waals surface area contributed by atoms with Crippen molar-refractivity contribution in [1.29, 1.82) is 0 Å². The van der Waals surface area contributed by atoms with E-state index in [2.05, 4.69) is 9.88 Å². The number of carbonyl (C=O) groups excluding carboxylic acids is 1. The van der Waals surface area contributed by atoms with Crippen molar-refractivity contribution in [3.8, 4) is 11.5 Å². The third-order valence-electron chi connectivity index (χ3n) is 4.55. The van der Waals surface area contributed by atoms with E-state index < -0.39 is 0 Å². The van der Waals surface area contributed by atoms with Gasteiger partial charge in [-0.05, 0) is 43.3 Å². The Balaban J connectivity index is 1.40. The molecule has 2 aromatic rings. The third kappa shape index (κ3) is 4.73. The molecule has 1 fully saturated rings. The summed E-state index contributed by atoms with van der Waals surface area (Å²) >= 11 is 0. The summed E-state index contributed by atoms with van der Waals surface area (Å²) in [5.41, 5.74) is 1.58. The summed E-state index contributed by atoms with van der Waals surface area (Å²) in [5.74, 6) is 1.72. The summed E-state index contributed by atoms with van der Waals surface area (Å²) < 4.78 is 10.9. The average Bonchev–Trinajstić information content (AvgIpc) is 2.69. The predicted octanol–water partition coefficient (Wildman–Crippen LogP) is 2.24. The molecule has 0 bridgehead atoms. The summed E-state index contributed by atoms with van der Waals surface area (Å²) in [6, 6.07) is 11.3. The van der Waals surface area contributed by atoms with Crippen molar-refractivity contribution in [2.24, 2.45) is 0 Å². The first kappa shape index (κ1) is 18.2. The van der Waals surface area contributed by atoms with Crippen LogP contribution in [0, 0.1) is 6.92 Å². The zero-order valence-electron chi connectivity index (χ0n) is 15.4. The van der Waals surface area contributed by atoms with Crippen LogP contribution in [0.5, 0.6) is 11.5 Å². The summed E-state index contributed by atoms with van der Waals surface area (Å²) in [6.45, 7) is 6.57. The molecule has 0 N–H and O–H groups in total. The van der Waals surface area contributed by atoms with Gasteiger partial charge in [-0.15, -0.1) is 0 Å². The number of ether oxygens (including phenoxy) is 2. The fraction of sp³-hybridized carbons (Fsp3) is 0.400. The van der Waals surface area contributed by atoms with E-state index >= 15 is 0 Å². The van der Waals surface area contributed by atoms with E-state index in [9.17, 15) is 4.79 Å². The Morgan fingerprint density at radius 2 is 1.73 bits per heavy atom. The van der Waals surface area contributed by atoms with Crippen molar-refractivity contribution in [3.63, 3.8) is 0 Å². The van der Waals surface area contributed by atoms with Crippen LogP contribution in [0.4, 0.5) is 0 Å². The first-order valence-electron chi connectivity index (χ1n) is 8.87. The van der Waals surface area contributed by atoms with Crippen LogP contribution in [-0.4, -0.2) is 67.1 Å². The highest BCUT2D eigenvalue weighted by Gasteiger charge is 2.22. The van der Waals surface area contributed by atoms with Crippen molar-refractivity contribution >= 4 is 5.91 Å². The molecule has 6 heteroatoms. The van der Waals surface area contributed by atoms with Gasteiger partial charge >= 0.3 is 0 Å². The van der Waals surface area contributed by atoms with Crippen molar-refractivity contribution in [1.82, 2.24) is 14.8 Å². The van der Waals surface area contributed by atoms with E-state index in [-0.39, 0.29) is 5.91 Å². The lowest BCUT2D eigenvalue weighted by Crippen LogP contribution is -2.49. The van der Waals surface area contributed by atoms with Crippen LogP contribution in [-0.2, 0) is 0 Å². The lowest BCUT2D eigenvalue weighted by atomic mass is 10.2. The summed E-state index contributed by atoms with van der Waals surface area (Å²) in [5, 5.41) is 0. The molecule has 1 aliphatic heterocycles. The normalized spacial score (nSPS) is 14.9. The molecule has 0 radical (unpaired) electrons. The number of pyridine rings is 1. The van der Waals surface area contributed by atoms with Gasteiger partial charge in [0.25, 0.3) is 5.91 Å². The SMILES string of the molecule is COc1ccc(OCCN2CCN(C(=O)c3ccc(C)nc3)CC2)cc1. The Morgan fingerprint density at radius 1 is 1.04 bits per heavy atom. The van der Waals surface area contributed by atoms with Gasteiger partial charge in [0.15, 0.2) is 0 Å². The zero-order chi connectivity index (χ0) is 18.4. The maximum Gasteiger partial charge on any atom is 0.255 e. The number of aromatic nitrogens is 1. The van der Waals surface area contributed by atoms with Gasteiger partial charge < -0.3 is 14.4 Å². The van der Waals surface area contributed by atoms with Gasteiger partial charge in [-0.2, -0.15) is 0 Å². The number of amides is 1. The number of methoxy groups -OCH3 is 1. The van der Waals surface area contributed by atoms with E-state index in [0.717, 1.165) is 49.9 Å². The molecule has 6 nitrogen and oxygen atoms in total. The highest BCUT2D eigenvalue weighted by atomic mass is 16.5. The Hall–Kier alpha value is -2.60. The summed E-state index contributed by atoms with van der Waals surface area (Å²) in [7, 11) is 1.65. The van der Waals surface area contributed by atoms with E-state index in [4.69, 9.17) is 9.47 Å². The second-order valence-electron chi connectivity index (χ2n) is 6.35. The fourth-order valence-electron chi connectivity index (χ4n) is 2.92. The first-order valence-corrected chi connectivity index (χ1v) is 8.87. The molecule has 2 heterocycles. The second-order valence-corrected chi connectivity index (χ2v) is 6.35. The van der Waals surface area contributed by atoms with E-state index in [1.54, 1.807) is 13.3 Å². The minimum Gasteiger partial charge on any atom is -0.497 e. The van der Waals surface area contributed by atoms with Crippen LogP contribution in [0.1, 0.15) is 16.1 Å². The molecule has 0 saturated carbocycles. The number of hydrogen-bond donors (Lipinski definition) is 0. The number of nitrogens with zero attached hydrogens (tertiary/aromatic N) is 3. The van der Waals surface area contributed by atoms with Crippen molar-refractivity contribution in [2.45, 2.75) is 6.92 Å². The maximum atomic E-state index is 12.5. The van der Waals surface area contributed by atoms with Crippen molar-refractivity contribution < 1.29 is 14.3 Å². The first-order chi connectivity index (χ1) is 12.7. The molecule has 0 aliphatic carbocycles. The van der Waals surface area contributed by atoms with Crippen LogP contribution < -0.4 is 9.47 Å². The van der Waals surface area contributed by atoms with Crippen LogP contribution in [0.15, 0.2) is 42.6 Å². The van der Waals surface area contributed by atoms with E-state index in [1.807, 2.05) is 48.2 Å². The molecule has 0 spiro atoms. The molecule has 1 aromatic heterocycles. The van der Waals surface area contributed by atoms with Crippen LogP contribution in [0.25, 0.3) is 0 Å². The number of carbonyl (C=O) groups is 1. The van der Waals surface area contributed by atoms with Crippen LogP contribution >= 0.6 is 0 Å². The van der Waals surface area contributed by atoms with Gasteiger partial charge in [-0.3, -0.25) is 14.7 Å². The number of aryl methyl sites for hydroxylation is 1. The van der Waals surface area contributed by atoms with Gasteiger partial charge in [0.05, 0.1) is 12.7 Å². The standard InChI is InChI=1S/C20H25N3O3/c1-16-3-4-17(15-21-16)20(24)23-11-9-22(10-12-23)13-14-26-19-7-5-18(25-2)6-8-19/h3-8,15H,9-14H2,1-2H3. The Bertz CT molecular complexity index is 708. The van der Waals surface area contributed by atoms with Crippen molar-refractivity contribution in [2.75, 3.05) is 46.4 Å². The summed E-state index contributed by atoms with van der Waals surface area (Å²) in [6.07, 6.45) is 1.66. The molecule has 3 rings (SSSR count). The van der Waals surface area contributed by atoms with Crippen LogP contribution in [0.3, 0.4) is 0 Å². The van der Waals surface area contributed by atoms with Gasteiger partial charge in [0, 0.05) is 44.6 Å². The monoisotopic (exact) mass is 355 g/mol. The lowest BCUT2D eigenvalue weighted by Gasteiger charge is -2.34. The molecule has 1 amide bonds. The van der Waals surface area contributed by atoms with E-state index in [1.165, 1.54) is 0 Å². The molecule has 1 saturated heterocycles. The summed E-state index contributed by atoms with van der Waals surface area (Å²) in [4.78, 5) is 20.9. The number of hydrogen-bond acceptors (Lipinski definition) is 5. The smallest absolute Gasteiger partial charge is 0.255 e. The number of benzene rings is 1. The Morgan fingerprint density at radius 3 is 2.35 bits per heavy atom. The van der Waals surface area contributed by atoms with Gasteiger partial charge in [0.2, 0.25) is 0 Å². The lowest BCUT2D eigenvalue weighted by molar-refractivity contribution is 0.0620. The Kier molecular flexibility index (Phi) is 6.07. The number of piperazine rings is 1. The molecular formula is C20H25N3O3. The average molecular weight is 355 g/mol. The zero-order valence-corrected chi connectivity index (χ0v) is 15.4. The minimum atomic E-state index is 0.0617. The quantitative estimate of drug-likeness (QED) is 0.795. The molecule has 1 aromatic carbocycles. The highest BCUT2D eigenvalue weighted by molar-refractivity contribution is 5.94. The molecule has 1 aliphatic rings. The number of rotatable bonds is 6. The predicted molar refractivity (Wildman–Crippen MR) is 99.8 cm³/mol. The fourth-order valence-corrected chi connectivity index (χ4v) is 2.92. The van der Waals surface area contributed by atoms with Gasteiger partial charge in [0.1, 0.15) is 18.1 Å². The third-order valence-corrected chi connectivity index (χ3v) is 4.55. The van der Waals surface area contributed by atoms with Gasteiger partial charge in [-0.1, -0.05) is 0 Å². The minimum absolute atomic E-state index is 0.0617. The molecule has 0 atom stereocenters. The second kappa shape index (κ2) is 8.67. The topological polar surface area (TPSA) is 54.9 Å².